The minimum absolute atomic E-state index is 0.118. The van der Waals surface area contributed by atoms with E-state index < -0.39 is 0 Å². The van der Waals surface area contributed by atoms with Crippen LogP contribution in [0.5, 0.6) is 0 Å². The Bertz CT molecular complexity index is 576. The van der Waals surface area contributed by atoms with Crippen LogP contribution >= 0.6 is 11.6 Å². The Morgan fingerprint density at radius 3 is 2.70 bits per heavy atom. The number of benzene rings is 1. The maximum absolute atomic E-state index is 5.92. The molecule has 0 saturated heterocycles. The number of aromatic nitrogens is 1. The molecule has 1 saturated carbocycles. The predicted molar refractivity (Wildman–Crippen MR) is 83.2 cm³/mol. The van der Waals surface area contributed by atoms with Crippen LogP contribution in [0.3, 0.4) is 0 Å². The molecule has 0 aliphatic heterocycles. The summed E-state index contributed by atoms with van der Waals surface area (Å²) in [6, 6.07) is 12.9. The Kier molecular flexibility index (Phi) is 4.04. The number of rotatable bonds is 4. The average molecular weight is 287 g/mol. The molecule has 20 heavy (non-hydrogen) atoms. The Labute approximate surface area is 125 Å². The monoisotopic (exact) mass is 286 g/mol. The van der Waals surface area contributed by atoms with E-state index in [1.165, 1.54) is 30.4 Å². The third-order valence-corrected chi connectivity index (χ3v) is 4.38. The summed E-state index contributed by atoms with van der Waals surface area (Å²) in [6.45, 7) is 0. The third-order valence-electron chi connectivity index (χ3n) is 4.16. The highest BCUT2D eigenvalue weighted by atomic mass is 35.5. The van der Waals surface area contributed by atoms with Gasteiger partial charge in [0.1, 0.15) is 0 Å². The van der Waals surface area contributed by atoms with Crippen LogP contribution in [0.2, 0.25) is 5.02 Å². The van der Waals surface area contributed by atoms with E-state index in [-0.39, 0.29) is 6.04 Å². The predicted octanol–water partition coefficient (Wildman–Crippen LogP) is 4.31. The van der Waals surface area contributed by atoms with E-state index in [0.717, 1.165) is 11.6 Å². The second-order valence-corrected chi connectivity index (χ2v) is 5.86. The first-order valence-electron chi connectivity index (χ1n) is 7.16. The van der Waals surface area contributed by atoms with E-state index in [1.54, 1.807) is 6.20 Å². The van der Waals surface area contributed by atoms with Crippen molar-refractivity contribution in [1.29, 1.82) is 0 Å². The van der Waals surface area contributed by atoms with Crippen molar-refractivity contribution in [2.75, 3.05) is 7.05 Å². The first kappa shape index (κ1) is 13.6. The Morgan fingerprint density at radius 2 is 2.10 bits per heavy atom. The van der Waals surface area contributed by atoms with Gasteiger partial charge in [-0.15, -0.1) is 0 Å². The summed E-state index contributed by atoms with van der Waals surface area (Å²) in [5.74, 6) is 0.755. The van der Waals surface area contributed by atoms with Crippen molar-refractivity contribution < 1.29 is 0 Å². The second kappa shape index (κ2) is 5.94. The summed E-state index contributed by atoms with van der Waals surface area (Å²) in [4.78, 5) is 4.44. The zero-order valence-corrected chi connectivity index (χ0v) is 12.4. The smallest absolute Gasteiger partial charge is 0.0749 e. The molecule has 1 fully saturated rings. The summed E-state index contributed by atoms with van der Waals surface area (Å²) < 4.78 is 0. The van der Waals surface area contributed by atoms with Gasteiger partial charge in [0.15, 0.2) is 0 Å². The zero-order valence-electron chi connectivity index (χ0n) is 11.6. The van der Waals surface area contributed by atoms with Gasteiger partial charge in [-0.3, -0.25) is 4.98 Å². The quantitative estimate of drug-likeness (QED) is 0.906. The van der Waals surface area contributed by atoms with Crippen molar-refractivity contribution >= 4 is 11.6 Å². The molecule has 3 heteroatoms. The molecule has 104 valence electrons. The zero-order chi connectivity index (χ0) is 13.9. The van der Waals surface area contributed by atoms with Crippen molar-refractivity contribution in [2.24, 2.45) is 0 Å². The lowest BCUT2D eigenvalue weighted by Crippen LogP contribution is -2.19. The van der Waals surface area contributed by atoms with E-state index in [0.29, 0.717) is 5.02 Å². The highest BCUT2D eigenvalue weighted by Crippen LogP contribution is 2.37. The fraction of sp³-hybridized carbons (Fsp3) is 0.353. The normalized spacial score (nSPS) is 16.7. The van der Waals surface area contributed by atoms with Crippen LogP contribution in [0.25, 0.3) is 0 Å². The van der Waals surface area contributed by atoms with Gasteiger partial charge >= 0.3 is 0 Å². The molecule has 1 heterocycles. The van der Waals surface area contributed by atoms with Crippen LogP contribution < -0.4 is 5.32 Å². The van der Waals surface area contributed by atoms with E-state index in [4.69, 9.17) is 11.6 Å². The number of nitrogens with zero attached hydrogens (tertiary/aromatic N) is 1. The molecule has 0 radical (unpaired) electrons. The van der Waals surface area contributed by atoms with Gasteiger partial charge in [-0.25, -0.2) is 0 Å². The molecule has 0 bridgehead atoms. The molecule has 2 aromatic rings. The van der Waals surface area contributed by atoms with Crippen molar-refractivity contribution in [2.45, 2.75) is 31.2 Å². The molecule has 1 unspecified atom stereocenters. The molecular weight excluding hydrogens is 268 g/mol. The van der Waals surface area contributed by atoms with Gasteiger partial charge in [0.05, 0.1) is 16.8 Å². The lowest BCUT2D eigenvalue weighted by Gasteiger charge is -2.27. The van der Waals surface area contributed by atoms with Gasteiger partial charge in [0.2, 0.25) is 0 Å². The Morgan fingerprint density at radius 1 is 1.25 bits per heavy atom. The third kappa shape index (κ3) is 2.72. The number of nitrogens with one attached hydrogen (secondary N) is 1. The van der Waals surface area contributed by atoms with Gasteiger partial charge < -0.3 is 5.32 Å². The SMILES string of the molecule is CNC(c1cccc(C2CCC2)c1)c1ccc(Cl)cn1. The van der Waals surface area contributed by atoms with Crippen LogP contribution in [0.15, 0.2) is 42.6 Å². The maximum Gasteiger partial charge on any atom is 0.0749 e. The summed E-state index contributed by atoms with van der Waals surface area (Å²) in [7, 11) is 1.97. The standard InChI is InChI=1S/C17H19ClN2/c1-19-17(16-9-8-15(18)11-20-16)14-7-3-6-13(10-14)12-4-2-5-12/h3,6-12,17,19H,2,4-5H2,1H3. The van der Waals surface area contributed by atoms with Crippen LogP contribution in [-0.4, -0.2) is 12.0 Å². The molecule has 1 atom stereocenters. The second-order valence-electron chi connectivity index (χ2n) is 5.42. The van der Waals surface area contributed by atoms with Gasteiger partial charge in [-0.1, -0.05) is 42.3 Å². The molecule has 1 aromatic heterocycles. The van der Waals surface area contributed by atoms with Crippen molar-refractivity contribution in [3.8, 4) is 0 Å². The minimum atomic E-state index is 0.118. The number of hydrogen-bond acceptors (Lipinski definition) is 2. The average Bonchev–Trinajstić information content (AvgIpc) is 2.40. The highest BCUT2D eigenvalue weighted by Gasteiger charge is 2.21. The van der Waals surface area contributed by atoms with Gasteiger partial charge in [-0.05, 0) is 49.1 Å². The maximum atomic E-state index is 5.92. The van der Waals surface area contributed by atoms with Crippen LogP contribution in [-0.2, 0) is 0 Å². The summed E-state index contributed by atoms with van der Waals surface area (Å²) in [6.07, 6.45) is 5.72. The van der Waals surface area contributed by atoms with Crippen molar-refractivity contribution in [1.82, 2.24) is 10.3 Å². The summed E-state index contributed by atoms with van der Waals surface area (Å²) in [5.41, 5.74) is 3.73. The molecule has 0 amide bonds. The first-order valence-corrected chi connectivity index (χ1v) is 7.54. The molecule has 1 N–H and O–H groups in total. The van der Waals surface area contributed by atoms with Gasteiger partial charge in [0.25, 0.3) is 0 Å². The lowest BCUT2D eigenvalue weighted by atomic mass is 9.79. The fourth-order valence-electron chi connectivity index (χ4n) is 2.78. The summed E-state index contributed by atoms with van der Waals surface area (Å²) in [5, 5.41) is 4.02. The van der Waals surface area contributed by atoms with E-state index >= 15 is 0 Å². The van der Waals surface area contributed by atoms with Crippen molar-refractivity contribution in [3.63, 3.8) is 0 Å². The Balaban J connectivity index is 1.90. The number of hydrogen-bond donors (Lipinski definition) is 1. The molecular formula is C17H19ClN2. The molecule has 3 rings (SSSR count). The van der Waals surface area contributed by atoms with Gasteiger partial charge in [-0.2, -0.15) is 0 Å². The fourth-order valence-corrected chi connectivity index (χ4v) is 2.89. The summed E-state index contributed by atoms with van der Waals surface area (Å²) >= 11 is 5.92. The lowest BCUT2D eigenvalue weighted by molar-refractivity contribution is 0.419. The van der Waals surface area contributed by atoms with Gasteiger partial charge in [0, 0.05) is 6.20 Å². The minimum Gasteiger partial charge on any atom is -0.308 e. The van der Waals surface area contributed by atoms with Crippen LogP contribution in [0, 0.1) is 0 Å². The molecule has 1 aromatic carbocycles. The van der Waals surface area contributed by atoms with Crippen LogP contribution in [0.1, 0.15) is 48.0 Å². The Hall–Kier alpha value is -1.38. The molecule has 0 spiro atoms. The van der Waals surface area contributed by atoms with E-state index in [1.807, 2.05) is 19.2 Å². The molecule has 2 nitrogen and oxygen atoms in total. The largest absolute Gasteiger partial charge is 0.308 e. The van der Waals surface area contributed by atoms with Crippen LogP contribution in [0.4, 0.5) is 0 Å². The van der Waals surface area contributed by atoms with E-state index in [2.05, 4.69) is 34.6 Å². The number of pyridine rings is 1. The molecule has 1 aliphatic carbocycles. The topological polar surface area (TPSA) is 24.9 Å². The highest BCUT2D eigenvalue weighted by molar-refractivity contribution is 6.30. The first-order chi connectivity index (χ1) is 9.78. The van der Waals surface area contributed by atoms with E-state index in [9.17, 15) is 0 Å². The molecule has 1 aliphatic rings. The number of halogens is 1. The van der Waals surface area contributed by atoms with Crippen molar-refractivity contribution in [3.05, 3.63) is 64.4 Å².